The summed E-state index contributed by atoms with van der Waals surface area (Å²) in [4.78, 5) is 17.6. The molecule has 1 amide bonds. The molecule has 0 atom stereocenters. The zero-order valence-corrected chi connectivity index (χ0v) is 15.8. The maximum Gasteiger partial charge on any atom is 0.258 e. The fourth-order valence-electron chi connectivity index (χ4n) is 2.81. The number of para-hydroxylation sites is 1. The zero-order chi connectivity index (χ0) is 18.8. The molecule has 27 heavy (non-hydrogen) atoms. The van der Waals surface area contributed by atoms with Gasteiger partial charge in [0.1, 0.15) is 10.7 Å². The van der Waals surface area contributed by atoms with E-state index in [1.165, 1.54) is 11.3 Å². The molecule has 0 radical (unpaired) electrons. The first-order chi connectivity index (χ1) is 13.1. The number of hydrogen-bond donors (Lipinski definition) is 1. The minimum absolute atomic E-state index is 0.242. The summed E-state index contributed by atoms with van der Waals surface area (Å²) in [6.07, 6.45) is 2.43. The van der Waals surface area contributed by atoms with Crippen molar-refractivity contribution >= 4 is 33.3 Å². The van der Waals surface area contributed by atoms with E-state index in [2.05, 4.69) is 34.3 Å². The van der Waals surface area contributed by atoms with Crippen LogP contribution in [0.25, 0.3) is 22.4 Å². The maximum atomic E-state index is 13.0. The second-order valence-corrected chi connectivity index (χ2v) is 7.66. The summed E-state index contributed by atoms with van der Waals surface area (Å²) >= 11 is 1.40. The number of furan rings is 1. The lowest BCUT2D eigenvalue weighted by atomic mass is 10.1. The number of aromatic nitrogens is 3. The average molecular weight is 378 g/mol. The molecule has 3 aromatic heterocycles. The van der Waals surface area contributed by atoms with Crippen molar-refractivity contribution < 1.29 is 9.21 Å². The molecule has 4 aromatic rings. The van der Waals surface area contributed by atoms with Crippen molar-refractivity contribution in [3.05, 3.63) is 59.3 Å². The monoisotopic (exact) mass is 378 g/mol. The first kappa shape index (κ1) is 17.4. The van der Waals surface area contributed by atoms with Gasteiger partial charge in [0.25, 0.3) is 5.91 Å². The van der Waals surface area contributed by atoms with E-state index in [9.17, 15) is 4.79 Å². The molecule has 6 nitrogen and oxygen atoms in total. The Morgan fingerprint density at radius 2 is 2.04 bits per heavy atom. The summed E-state index contributed by atoms with van der Waals surface area (Å²) in [7, 11) is 0. The number of fused-ring (bicyclic) bond motifs is 1. The van der Waals surface area contributed by atoms with E-state index in [4.69, 9.17) is 4.42 Å². The normalized spacial score (nSPS) is 11.2. The molecule has 0 unspecified atom stereocenters. The Morgan fingerprint density at radius 3 is 2.81 bits per heavy atom. The van der Waals surface area contributed by atoms with Gasteiger partial charge in [-0.3, -0.25) is 10.1 Å². The van der Waals surface area contributed by atoms with Crippen LogP contribution in [-0.2, 0) is 6.42 Å². The molecule has 0 fully saturated rings. The van der Waals surface area contributed by atoms with Crippen LogP contribution in [0.3, 0.4) is 0 Å². The van der Waals surface area contributed by atoms with E-state index in [-0.39, 0.29) is 5.91 Å². The van der Waals surface area contributed by atoms with Crippen LogP contribution in [0, 0.1) is 5.92 Å². The number of amides is 1. The molecule has 0 aliphatic rings. The number of rotatable bonds is 5. The van der Waals surface area contributed by atoms with E-state index in [0.29, 0.717) is 28.1 Å². The molecule has 3 heterocycles. The van der Waals surface area contributed by atoms with Crippen molar-refractivity contribution in [2.24, 2.45) is 5.92 Å². The highest BCUT2D eigenvalue weighted by Crippen LogP contribution is 2.26. The van der Waals surface area contributed by atoms with Crippen LogP contribution in [-0.4, -0.2) is 21.1 Å². The molecule has 0 aliphatic heterocycles. The van der Waals surface area contributed by atoms with Gasteiger partial charge >= 0.3 is 0 Å². The summed E-state index contributed by atoms with van der Waals surface area (Å²) in [5, 5.41) is 13.3. The van der Waals surface area contributed by atoms with Crippen molar-refractivity contribution in [2.45, 2.75) is 20.3 Å². The number of nitrogens with zero attached hydrogens (tertiary/aromatic N) is 3. The van der Waals surface area contributed by atoms with E-state index in [0.717, 1.165) is 22.3 Å². The van der Waals surface area contributed by atoms with Gasteiger partial charge in [-0.05, 0) is 30.2 Å². The van der Waals surface area contributed by atoms with Crippen LogP contribution >= 0.6 is 11.3 Å². The molecule has 0 bridgehead atoms. The average Bonchev–Trinajstić information content (AvgIpc) is 3.32. The van der Waals surface area contributed by atoms with Crippen LogP contribution < -0.4 is 5.32 Å². The minimum Gasteiger partial charge on any atom is -0.463 e. The Balaban J connectivity index is 1.69. The van der Waals surface area contributed by atoms with Gasteiger partial charge in [0.2, 0.25) is 5.13 Å². The number of anilines is 1. The van der Waals surface area contributed by atoms with Gasteiger partial charge in [0.05, 0.1) is 17.3 Å². The molecule has 1 N–H and O–H groups in total. The van der Waals surface area contributed by atoms with Gasteiger partial charge < -0.3 is 4.42 Å². The molecular formula is C20H18N4O2S. The third-order valence-electron chi connectivity index (χ3n) is 4.00. The van der Waals surface area contributed by atoms with E-state index < -0.39 is 0 Å². The van der Waals surface area contributed by atoms with Crippen LogP contribution in [0.1, 0.15) is 29.2 Å². The molecule has 1 aromatic carbocycles. The third kappa shape index (κ3) is 3.73. The topological polar surface area (TPSA) is 80.9 Å². The largest absolute Gasteiger partial charge is 0.463 e. The SMILES string of the molecule is CC(C)Cc1nnc(NC(=O)c2cc(-c3ccco3)nc3ccccc23)s1. The first-order valence-corrected chi connectivity index (χ1v) is 9.49. The Hall–Kier alpha value is -3.06. The summed E-state index contributed by atoms with van der Waals surface area (Å²) in [6, 6.07) is 12.9. The van der Waals surface area contributed by atoms with Gasteiger partial charge in [-0.1, -0.05) is 43.4 Å². The van der Waals surface area contributed by atoms with Gasteiger partial charge in [-0.2, -0.15) is 0 Å². The summed E-state index contributed by atoms with van der Waals surface area (Å²) in [6.45, 7) is 4.25. The summed E-state index contributed by atoms with van der Waals surface area (Å²) in [5.41, 5.74) is 1.86. The van der Waals surface area contributed by atoms with Crippen LogP contribution in [0.5, 0.6) is 0 Å². The zero-order valence-electron chi connectivity index (χ0n) is 15.0. The third-order valence-corrected chi connectivity index (χ3v) is 4.87. The predicted octanol–water partition coefficient (Wildman–Crippen LogP) is 4.80. The number of pyridine rings is 1. The standard InChI is InChI=1S/C20H18N4O2S/c1-12(2)10-18-23-24-20(27-18)22-19(25)14-11-16(17-8-5-9-26-17)21-15-7-4-3-6-13(14)15/h3-9,11-12H,10H2,1-2H3,(H,22,24,25). The summed E-state index contributed by atoms with van der Waals surface area (Å²) in [5.74, 6) is 0.861. The van der Waals surface area contributed by atoms with Crippen LogP contribution in [0.4, 0.5) is 5.13 Å². The number of hydrogen-bond acceptors (Lipinski definition) is 6. The van der Waals surface area contributed by atoms with Crippen LogP contribution in [0.15, 0.2) is 53.1 Å². The van der Waals surface area contributed by atoms with Crippen molar-refractivity contribution in [3.8, 4) is 11.5 Å². The highest BCUT2D eigenvalue weighted by molar-refractivity contribution is 7.15. The quantitative estimate of drug-likeness (QED) is 0.540. The molecule has 0 aliphatic carbocycles. The smallest absolute Gasteiger partial charge is 0.258 e. The second-order valence-electron chi connectivity index (χ2n) is 6.60. The van der Waals surface area contributed by atoms with Crippen molar-refractivity contribution in [1.82, 2.24) is 15.2 Å². The Labute approximate surface area is 160 Å². The maximum absolute atomic E-state index is 13.0. The lowest BCUT2D eigenvalue weighted by Crippen LogP contribution is -2.13. The highest BCUT2D eigenvalue weighted by Gasteiger charge is 2.17. The lowest BCUT2D eigenvalue weighted by molar-refractivity contribution is 0.102. The lowest BCUT2D eigenvalue weighted by Gasteiger charge is -2.08. The molecule has 4 rings (SSSR count). The Bertz CT molecular complexity index is 1090. The minimum atomic E-state index is -0.242. The Kier molecular flexibility index (Phi) is 4.68. The highest BCUT2D eigenvalue weighted by atomic mass is 32.1. The molecule has 0 spiro atoms. The van der Waals surface area contributed by atoms with Gasteiger partial charge in [-0.25, -0.2) is 4.98 Å². The van der Waals surface area contributed by atoms with Gasteiger partial charge in [-0.15, -0.1) is 10.2 Å². The number of benzene rings is 1. The first-order valence-electron chi connectivity index (χ1n) is 8.67. The number of carbonyl (C=O) groups is 1. The molecular weight excluding hydrogens is 360 g/mol. The second kappa shape index (κ2) is 7.28. The van der Waals surface area contributed by atoms with Crippen LogP contribution in [0.2, 0.25) is 0 Å². The number of nitrogens with one attached hydrogen (secondary N) is 1. The molecule has 0 saturated heterocycles. The number of carbonyl (C=O) groups excluding carboxylic acids is 1. The predicted molar refractivity (Wildman–Crippen MR) is 106 cm³/mol. The molecule has 0 saturated carbocycles. The van der Waals surface area contributed by atoms with E-state index in [1.54, 1.807) is 18.4 Å². The molecule has 136 valence electrons. The fraction of sp³-hybridized carbons (Fsp3) is 0.200. The van der Waals surface area contributed by atoms with Crippen molar-refractivity contribution in [2.75, 3.05) is 5.32 Å². The van der Waals surface area contributed by atoms with E-state index in [1.807, 2.05) is 30.3 Å². The fourth-order valence-corrected chi connectivity index (χ4v) is 3.76. The Morgan fingerprint density at radius 1 is 1.19 bits per heavy atom. The van der Waals surface area contributed by atoms with Crippen molar-refractivity contribution in [3.63, 3.8) is 0 Å². The van der Waals surface area contributed by atoms with Crippen molar-refractivity contribution in [1.29, 1.82) is 0 Å². The van der Waals surface area contributed by atoms with Gasteiger partial charge in [0.15, 0.2) is 5.76 Å². The molecule has 7 heteroatoms. The van der Waals surface area contributed by atoms with E-state index >= 15 is 0 Å². The van der Waals surface area contributed by atoms with Gasteiger partial charge in [0, 0.05) is 11.8 Å². The summed E-state index contributed by atoms with van der Waals surface area (Å²) < 4.78 is 5.45.